The van der Waals surface area contributed by atoms with E-state index in [1.807, 2.05) is 102 Å². The zero-order valence-corrected chi connectivity index (χ0v) is 18.7. The van der Waals surface area contributed by atoms with E-state index in [-0.39, 0.29) is 10.3 Å². The first kappa shape index (κ1) is 21.2. The van der Waals surface area contributed by atoms with Gasteiger partial charge >= 0.3 is 0 Å². The Labute approximate surface area is 159 Å². The van der Waals surface area contributed by atoms with Crippen LogP contribution in [0, 0.1) is 0 Å². The summed E-state index contributed by atoms with van der Waals surface area (Å²) in [6.45, 7) is 12.2. The van der Waals surface area contributed by atoms with Crippen LogP contribution in [-0.4, -0.2) is 22.6 Å². The molecule has 2 aromatic rings. The smallest absolute Gasteiger partial charge is 0.121 e. The first-order valence-corrected chi connectivity index (χ1v) is 13.0. The molecule has 0 saturated carbocycles. The molecule has 26 heavy (non-hydrogen) atoms. The molecule has 2 aromatic carbocycles. The fourth-order valence-electron chi connectivity index (χ4n) is 3.32. The van der Waals surface area contributed by atoms with Crippen LogP contribution in [0.5, 0.6) is 0 Å². The van der Waals surface area contributed by atoms with Gasteiger partial charge in [-0.25, -0.2) is 0 Å². The quantitative estimate of drug-likeness (QED) is 0.590. The van der Waals surface area contributed by atoms with E-state index in [0.29, 0.717) is 12.3 Å². The maximum atomic E-state index is 14.1. The minimum Gasteiger partial charge on any atom is -0.318 e. The zero-order chi connectivity index (χ0) is 19.6. The van der Waals surface area contributed by atoms with E-state index in [4.69, 9.17) is 0 Å². The van der Waals surface area contributed by atoms with Crippen molar-refractivity contribution in [3.05, 3.63) is 60.7 Å². The Balaban J connectivity index is 2.47. The summed E-state index contributed by atoms with van der Waals surface area (Å²) in [4.78, 5) is 0. The summed E-state index contributed by atoms with van der Waals surface area (Å²) in [7, 11) is -5.43. The Kier molecular flexibility index (Phi) is 6.11. The topological polar surface area (TPSA) is 34.1 Å². The predicted octanol–water partition coefficient (Wildman–Crippen LogP) is 5.96. The van der Waals surface area contributed by atoms with Gasteiger partial charge in [-0.1, -0.05) is 102 Å². The molecule has 2 atom stereocenters. The standard InChI is InChI=1S/C22H32O2P2/c1-21(2,3)25(23,19-13-9-7-10-14-19)17-18-26(24,22(4,5)6)20-15-11-8-12-16-20/h7-16H,17-18H2,1-6H3. The lowest BCUT2D eigenvalue weighted by atomic mass is 10.3. The van der Waals surface area contributed by atoms with Gasteiger partial charge in [-0.2, -0.15) is 0 Å². The predicted molar refractivity (Wildman–Crippen MR) is 117 cm³/mol. The van der Waals surface area contributed by atoms with Gasteiger partial charge in [-0.15, -0.1) is 0 Å². The molecule has 0 aliphatic heterocycles. The summed E-state index contributed by atoms with van der Waals surface area (Å²) in [5, 5.41) is 1.05. The fourth-order valence-corrected chi connectivity index (χ4v) is 10.3. The largest absolute Gasteiger partial charge is 0.318 e. The highest BCUT2D eigenvalue weighted by molar-refractivity contribution is 7.76. The molecular weight excluding hydrogens is 358 g/mol. The molecule has 4 heteroatoms. The van der Waals surface area contributed by atoms with Crippen molar-refractivity contribution in [2.75, 3.05) is 12.3 Å². The van der Waals surface area contributed by atoms with Crippen molar-refractivity contribution in [3.8, 4) is 0 Å². The Morgan fingerprint density at radius 1 is 0.577 bits per heavy atom. The van der Waals surface area contributed by atoms with Crippen LogP contribution in [0.1, 0.15) is 41.5 Å². The Morgan fingerprint density at radius 3 is 1.08 bits per heavy atom. The minimum absolute atomic E-state index is 0.367. The highest BCUT2D eigenvalue weighted by Crippen LogP contribution is 2.63. The summed E-state index contributed by atoms with van der Waals surface area (Å²) in [5.41, 5.74) is 0. The van der Waals surface area contributed by atoms with E-state index in [0.717, 1.165) is 10.6 Å². The van der Waals surface area contributed by atoms with Crippen LogP contribution >= 0.6 is 14.3 Å². The first-order valence-electron chi connectivity index (χ1n) is 9.21. The minimum atomic E-state index is -2.71. The van der Waals surface area contributed by atoms with Crippen molar-refractivity contribution in [3.63, 3.8) is 0 Å². The maximum Gasteiger partial charge on any atom is 0.121 e. The van der Waals surface area contributed by atoms with Crippen molar-refractivity contribution in [2.45, 2.75) is 51.9 Å². The van der Waals surface area contributed by atoms with E-state index in [1.165, 1.54) is 0 Å². The lowest BCUT2D eigenvalue weighted by Gasteiger charge is -2.36. The third kappa shape index (κ3) is 4.08. The highest BCUT2D eigenvalue weighted by atomic mass is 31.2. The van der Waals surface area contributed by atoms with Crippen molar-refractivity contribution < 1.29 is 9.13 Å². The van der Waals surface area contributed by atoms with Crippen LogP contribution in [0.4, 0.5) is 0 Å². The molecule has 0 amide bonds. The van der Waals surface area contributed by atoms with Crippen molar-refractivity contribution in [2.24, 2.45) is 0 Å². The second kappa shape index (κ2) is 7.49. The maximum absolute atomic E-state index is 14.1. The van der Waals surface area contributed by atoms with E-state index in [9.17, 15) is 9.13 Å². The molecule has 0 spiro atoms. The van der Waals surface area contributed by atoms with Crippen molar-refractivity contribution >= 4 is 24.9 Å². The van der Waals surface area contributed by atoms with Crippen molar-refractivity contribution in [1.29, 1.82) is 0 Å². The van der Waals surface area contributed by atoms with Gasteiger partial charge in [0, 0.05) is 33.2 Å². The van der Waals surface area contributed by atoms with Crippen molar-refractivity contribution in [1.82, 2.24) is 0 Å². The fraction of sp³-hybridized carbons (Fsp3) is 0.455. The molecule has 0 saturated heterocycles. The van der Waals surface area contributed by atoms with Crippen LogP contribution in [0.25, 0.3) is 0 Å². The Morgan fingerprint density at radius 2 is 0.846 bits per heavy atom. The van der Waals surface area contributed by atoms with E-state index >= 15 is 0 Å². The van der Waals surface area contributed by atoms with Crippen LogP contribution < -0.4 is 10.6 Å². The Hall–Kier alpha value is -1.10. The molecule has 2 nitrogen and oxygen atoms in total. The number of rotatable bonds is 5. The number of hydrogen-bond acceptors (Lipinski definition) is 2. The van der Waals surface area contributed by atoms with E-state index in [1.54, 1.807) is 0 Å². The molecule has 0 aliphatic rings. The summed E-state index contributed by atoms with van der Waals surface area (Å²) in [6, 6.07) is 19.5. The second-order valence-electron chi connectivity index (χ2n) is 8.94. The molecule has 0 fully saturated rings. The zero-order valence-electron chi connectivity index (χ0n) is 16.9. The van der Waals surface area contributed by atoms with Crippen LogP contribution in [0.3, 0.4) is 0 Å². The number of hydrogen-bond donors (Lipinski definition) is 0. The molecule has 0 aromatic heterocycles. The summed E-state index contributed by atoms with van der Waals surface area (Å²) < 4.78 is 28.2. The molecule has 0 heterocycles. The molecular formula is C22H32O2P2. The molecule has 142 valence electrons. The van der Waals surface area contributed by atoms with Gasteiger partial charge in [0.15, 0.2) is 0 Å². The SMILES string of the molecule is CC(C)(C)P(=O)(CCP(=O)(c1ccccc1)C(C)(C)C)c1ccccc1. The average Bonchev–Trinajstić information content (AvgIpc) is 2.59. The van der Waals surface area contributed by atoms with E-state index in [2.05, 4.69) is 0 Å². The van der Waals surface area contributed by atoms with Crippen LogP contribution in [0.15, 0.2) is 60.7 Å². The molecule has 0 radical (unpaired) electrons. The van der Waals surface area contributed by atoms with Gasteiger partial charge in [0.25, 0.3) is 0 Å². The van der Waals surface area contributed by atoms with Gasteiger partial charge in [0.05, 0.1) is 0 Å². The van der Waals surface area contributed by atoms with Gasteiger partial charge in [-0.05, 0) is 0 Å². The Bertz CT molecular complexity index is 741. The first-order chi connectivity index (χ1) is 11.9. The van der Waals surface area contributed by atoms with E-state index < -0.39 is 14.3 Å². The third-order valence-corrected chi connectivity index (χ3v) is 13.9. The van der Waals surface area contributed by atoms with Crippen LogP contribution in [-0.2, 0) is 9.13 Å². The summed E-state index contributed by atoms with van der Waals surface area (Å²) in [6.07, 6.45) is 0.925. The average molecular weight is 390 g/mol. The number of benzene rings is 2. The lowest BCUT2D eigenvalue weighted by Crippen LogP contribution is -2.30. The summed E-state index contributed by atoms with van der Waals surface area (Å²) in [5.74, 6) is 0. The summed E-state index contributed by atoms with van der Waals surface area (Å²) >= 11 is 0. The van der Waals surface area contributed by atoms with Gasteiger partial charge in [0.2, 0.25) is 0 Å². The molecule has 0 aliphatic carbocycles. The third-order valence-electron chi connectivity index (χ3n) is 5.24. The molecule has 0 bridgehead atoms. The molecule has 2 unspecified atom stereocenters. The van der Waals surface area contributed by atoms with Gasteiger partial charge < -0.3 is 9.13 Å². The van der Waals surface area contributed by atoms with Crippen LogP contribution in [0.2, 0.25) is 0 Å². The highest BCUT2D eigenvalue weighted by Gasteiger charge is 2.43. The van der Waals surface area contributed by atoms with Gasteiger partial charge in [0.1, 0.15) is 14.3 Å². The monoisotopic (exact) mass is 390 g/mol. The second-order valence-corrected chi connectivity index (χ2v) is 16.5. The lowest BCUT2D eigenvalue weighted by molar-refractivity contribution is 0.549. The molecule has 2 rings (SSSR count). The molecule has 0 N–H and O–H groups in total. The van der Waals surface area contributed by atoms with Gasteiger partial charge in [-0.3, -0.25) is 0 Å². The normalized spacial score (nSPS) is 17.3.